The van der Waals surface area contributed by atoms with Gasteiger partial charge in [-0.05, 0) is 45.6 Å². The van der Waals surface area contributed by atoms with E-state index < -0.39 is 0 Å². The Morgan fingerprint density at radius 2 is 2.14 bits per heavy atom. The summed E-state index contributed by atoms with van der Waals surface area (Å²) in [7, 11) is 1.72. The van der Waals surface area contributed by atoms with Gasteiger partial charge in [0.05, 0.1) is 12.8 Å². The summed E-state index contributed by atoms with van der Waals surface area (Å²) in [6.45, 7) is 7.58. The van der Waals surface area contributed by atoms with Crippen LogP contribution in [0, 0.1) is 12.8 Å². The van der Waals surface area contributed by atoms with Crippen molar-refractivity contribution < 1.29 is 4.74 Å². The molecule has 116 valence electrons. The van der Waals surface area contributed by atoms with Crippen LogP contribution in [-0.2, 0) is 6.54 Å². The number of ether oxygens (including phenoxy) is 1. The molecular weight excluding hydrogens is 262 g/mol. The van der Waals surface area contributed by atoms with Crippen LogP contribution in [0.2, 0.25) is 0 Å². The van der Waals surface area contributed by atoms with Gasteiger partial charge < -0.3 is 10.1 Å². The van der Waals surface area contributed by atoms with E-state index in [1.54, 1.807) is 7.11 Å². The van der Waals surface area contributed by atoms with Crippen LogP contribution in [0.1, 0.15) is 37.6 Å². The van der Waals surface area contributed by atoms with Gasteiger partial charge in [0.15, 0.2) is 0 Å². The zero-order chi connectivity index (χ0) is 14.8. The minimum Gasteiger partial charge on any atom is -0.497 e. The van der Waals surface area contributed by atoms with Crippen molar-refractivity contribution in [1.29, 1.82) is 0 Å². The van der Waals surface area contributed by atoms with Gasteiger partial charge in [-0.2, -0.15) is 0 Å². The molecule has 3 rings (SSSR count). The summed E-state index contributed by atoms with van der Waals surface area (Å²) in [6, 6.07) is 5.34. The Kier molecular flexibility index (Phi) is 4.45. The lowest BCUT2D eigenvalue weighted by molar-refractivity contribution is 0.188. The van der Waals surface area contributed by atoms with Crippen molar-refractivity contribution in [2.75, 3.05) is 20.2 Å². The largest absolute Gasteiger partial charge is 0.497 e. The van der Waals surface area contributed by atoms with Crippen LogP contribution in [0.15, 0.2) is 12.1 Å². The molecule has 2 aliphatic rings. The Morgan fingerprint density at radius 3 is 2.86 bits per heavy atom. The van der Waals surface area contributed by atoms with Crippen molar-refractivity contribution in [2.24, 2.45) is 5.92 Å². The zero-order valence-corrected chi connectivity index (χ0v) is 13.4. The van der Waals surface area contributed by atoms with Crippen LogP contribution >= 0.6 is 0 Å². The molecule has 21 heavy (non-hydrogen) atoms. The van der Waals surface area contributed by atoms with E-state index in [-0.39, 0.29) is 0 Å². The van der Waals surface area contributed by atoms with E-state index >= 15 is 0 Å². The van der Waals surface area contributed by atoms with Crippen LogP contribution in [0.3, 0.4) is 0 Å². The molecule has 1 aliphatic carbocycles. The molecular formula is C17H27N3O. The molecule has 1 saturated carbocycles. The number of methoxy groups -OCH3 is 1. The highest BCUT2D eigenvalue weighted by Crippen LogP contribution is 2.34. The molecule has 1 aromatic heterocycles. The van der Waals surface area contributed by atoms with Crippen molar-refractivity contribution in [3.8, 4) is 5.75 Å². The summed E-state index contributed by atoms with van der Waals surface area (Å²) < 4.78 is 5.37. The molecule has 1 aliphatic heterocycles. The van der Waals surface area contributed by atoms with Gasteiger partial charge in [0.25, 0.3) is 0 Å². The molecule has 4 heteroatoms. The van der Waals surface area contributed by atoms with E-state index in [9.17, 15) is 0 Å². The number of hydrogen-bond donors (Lipinski definition) is 1. The van der Waals surface area contributed by atoms with Crippen molar-refractivity contribution >= 4 is 0 Å². The first-order valence-electron chi connectivity index (χ1n) is 8.14. The number of pyridine rings is 1. The van der Waals surface area contributed by atoms with Crippen LogP contribution < -0.4 is 10.1 Å². The maximum Gasteiger partial charge on any atom is 0.122 e. The van der Waals surface area contributed by atoms with Crippen LogP contribution in [0.4, 0.5) is 0 Å². The molecule has 2 heterocycles. The number of nitrogens with zero attached hydrogens (tertiary/aromatic N) is 2. The van der Waals surface area contributed by atoms with Crippen LogP contribution in [0.5, 0.6) is 5.75 Å². The van der Waals surface area contributed by atoms with Gasteiger partial charge in [0, 0.05) is 43.0 Å². The van der Waals surface area contributed by atoms with Crippen molar-refractivity contribution in [3.63, 3.8) is 0 Å². The van der Waals surface area contributed by atoms with E-state index in [1.165, 1.54) is 19.3 Å². The maximum atomic E-state index is 5.37. The Labute approximate surface area is 127 Å². The highest BCUT2D eigenvalue weighted by atomic mass is 16.5. The number of aryl methyl sites for hydroxylation is 1. The minimum absolute atomic E-state index is 0.606. The third-order valence-corrected chi connectivity index (χ3v) is 4.80. The number of hydrogen-bond acceptors (Lipinski definition) is 4. The summed E-state index contributed by atoms with van der Waals surface area (Å²) >= 11 is 0. The Balaban J connectivity index is 1.72. The quantitative estimate of drug-likeness (QED) is 0.923. The lowest BCUT2D eigenvalue weighted by atomic mass is 10.1. The highest BCUT2D eigenvalue weighted by Gasteiger charge is 2.34. The molecule has 1 N–H and O–H groups in total. The molecule has 2 atom stereocenters. The van der Waals surface area contributed by atoms with Crippen molar-refractivity contribution in [2.45, 2.75) is 51.7 Å². The van der Waals surface area contributed by atoms with Gasteiger partial charge in [-0.3, -0.25) is 9.88 Å². The van der Waals surface area contributed by atoms with E-state index in [1.807, 2.05) is 13.0 Å². The molecule has 0 spiro atoms. The average Bonchev–Trinajstić information content (AvgIpc) is 3.28. The Morgan fingerprint density at radius 1 is 1.33 bits per heavy atom. The second-order valence-electron chi connectivity index (χ2n) is 6.60. The molecule has 0 bridgehead atoms. The Bertz CT molecular complexity index is 487. The van der Waals surface area contributed by atoms with Gasteiger partial charge in [-0.1, -0.05) is 0 Å². The predicted molar refractivity (Wildman–Crippen MR) is 84.5 cm³/mol. The fraction of sp³-hybridized carbons (Fsp3) is 0.706. The smallest absolute Gasteiger partial charge is 0.122 e. The fourth-order valence-corrected chi connectivity index (χ4v) is 3.30. The summed E-state index contributed by atoms with van der Waals surface area (Å²) in [5.74, 6) is 1.81. The predicted octanol–water partition coefficient (Wildman–Crippen LogP) is 2.36. The topological polar surface area (TPSA) is 37.4 Å². The van der Waals surface area contributed by atoms with Crippen molar-refractivity contribution in [3.05, 3.63) is 23.5 Å². The van der Waals surface area contributed by atoms with E-state index in [0.29, 0.717) is 12.1 Å². The van der Waals surface area contributed by atoms with Gasteiger partial charge in [0.1, 0.15) is 5.75 Å². The third kappa shape index (κ3) is 3.74. The second-order valence-corrected chi connectivity index (χ2v) is 6.60. The molecule has 2 fully saturated rings. The Hall–Kier alpha value is -1.13. The van der Waals surface area contributed by atoms with E-state index in [2.05, 4.69) is 28.2 Å². The number of nitrogens with one attached hydrogen (secondary N) is 1. The average molecular weight is 289 g/mol. The standard InChI is InChI=1S/C17H27N3O/c1-12-8-16(21-3)9-15(19-12)10-20-11-17(14-4-5-14)18-7-6-13(20)2/h8-9,13-14,17-18H,4-7,10-11H2,1-3H3. The second kappa shape index (κ2) is 6.32. The molecule has 1 saturated heterocycles. The van der Waals surface area contributed by atoms with E-state index in [0.717, 1.165) is 42.7 Å². The first-order chi connectivity index (χ1) is 10.2. The molecule has 0 amide bonds. The number of aromatic nitrogens is 1. The van der Waals surface area contributed by atoms with E-state index in [4.69, 9.17) is 4.74 Å². The highest BCUT2D eigenvalue weighted by molar-refractivity contribution is 5.26. The molecule has 0 aromatic carbocycles. The number of rotatable bonds is 4. The minimum atomic E-state index is 0.606. The third-order valence-electron chi connectivity index (χ3n) is 4.80. The molecule has 2 unspecified atom stereocenters. The van der Waals surface area contributed by atoms with Gasteiger partial charge in [-0.25, -0.2) is 0 Å². The monoisotopic (exact) mass is 289 g/mol. The van der Waals surface area contributed by atoms with Gasteiger partial charge >= 0.3 is 0 Å². The summed E-state index contributed by atoms with van der Waals surface area (Å²) in [5.41, 5.74) is 2.15. The fourth-order valence-electron chi connectivity index (χ4n) is 3.30. The van der Waals surface area contributed by atoms with Crippen LogP contribution in [-0.4, -0.2) is 42.2 Å². The molecule has 0 radical (unpaired) electrons. The van der Waals surface area contributed by atoms with Crippen molar-refractivity contribution in [1.82, 2.24) is 15.2 Å². The normalized spacial score (nSPS) is 27.4. The summed E-state index contributed by atoms with van der Waals surface area (Å²) in [5, 5.41) is 3.74. The maximum absolute atomic E-state index is 5.37. The molecule has 1 aromatic rings. The lowest BCUT2D eigenvalue weighted by Crippen LogP contribution is -2.41. The van der Waals surface area contributed by atoms with Crippen LogP contribution in [0.25, 0.3) is 0 Å². The molecule has 4 nitrogen and oxygen atoms in total. The van der Waals surface area contributed by atoms with Gasteiger partial charge in [0.2, 0.25) is 0 Å². The lowest BCUT2D eigenvalue weighted by Gasteiger charge is -2.29. The van der Waals surface area contributed by atoms with Gasteiger partial charge in [-0.15, -0.1) is 0 Å². The summed E-state index contributed by atoms with van der Waals surface area (Å²) in [6.07, 6.45) is 4.01. The first kappa shape index (κ1) is 14.8. The first-order valence-corrected chi connectivity index (χ1v) is 8.14. The summed E-state index contributed by atoms with van der Waals surface area (Å²) in [4.78, 5) is 7.27. The zero-order valence-electron chi connectivity index (χ0n) is 13.4. The SMILES string of the molecule is COc1cc(C)nc(CN2CC(C3CC3)NCCC2C)c1.